The lowest BCUT2D eigenvalue weighted by Crippen LogP contribution is -2.48. The Balaban J connectivity index is 2.30. The molecular weight excluding hydrogens is 214 g/mol. The van der Waals surface area contributed by atoms with E-state index in [0.29, 0.717) is 6.61 Å². The highest BCUT2D eigenvalue weighted by molar-refractivity contribution is 5.85. The molecule has 0 atom stereocenters. The first-order chi connectivity index (χ1) is 8.02. The van der Waals surface area contributed by atoms with Crippen LogP contribution in [0.5, 0.6) is 0 Å². The highest BCUT2D eigenvalue weighted by Crippen LogP contribution is 2.26. The van der Waals surface area contributed by atoms with Gasteiger partial charge >= 0.3 is 0 Å². The number of anilines is 1. The average Bonchev–Trinajstić information content (AvgIpc) is 2.27. The molecule has 0 spiro atoms. The summed E-state index contributed by atoms with van der Waals surface area (Å²) in [4.78, 5) is 13.4. The van der Waals surface area contributed by atoms with Crippen LogP contribution in [0.4, 0.5) is 5.69 Å². The first-order valence-electron chi connectivity index (χ1n) is 5.96. The predicted molar refractivity (Wildman–Crippen MR) is 68.8 cm³/mol. The maximum absolute atomic E-state index is 11.1. The first-order valence-corrected chi connectivity index (χ1v) is 5.96. The molecule has 0 radical (unpaired) electrons. The molecule has 1 heterocycles. The average molecular weight is 233 g/mol. The number of hydrogen-bond donors (Lipinski definition) is 0. The van der Waals surface area contributed by atoms with Crippen LogP contribution >= 0.6 is 0 Å². The zero-order valence-electron chi connectivity index (χ0n) is 10.7. The van der Waals surface area contributed by atoms with Crippen molar-refractivity contribution < 1.29 is 9.53 Å². The van der Waals surface area contributed by atoms with Crippen LogP contribution in [0.2, 0.25) is 0 Å². The molecule has 0 N–H and O–H groups in total. The highest BCUT2D eigenvalue weighted by atomic mass is 16.5. The van der Waals surface area contributed by atoms with Crippen molar-refractivity contribution >= 4 is 12.0 Å². The van der Waals surface area contributed by atoms with E-state index in [2.05, 4.69) is 18.7 Å². The quantitative estimate of drug-likeness (QED) is 0.735. The molecule has 3 heteroatoms. The molecule has 2 rings (SSSR count). The monoisotopic (exact) mass is 233 g/mol. The SMILES string of the molecule is Cc1ccc(N2CCOC(C)(C)C2)c(C=O)c1. The van der Waals surface area contributed by atoms with Gasteiger partial charge < -0.3 is 9.64 Å². The highest BCUT2D eigenvalue weighted by Gasteiger charge is 2.28. The summed E-state index contributed by atoms with van der Waals surface area (Å²) in [7, 11) is 0. The van der Waals surface area contributed by atoms with E-state index in [0.717, 1.165) is 36.2 Å². The number of morpholine rings is 1. The number of ether oxygens (including phenoxy) is 1. The first kappa shape index (κ1) is 12.1. The molecule has 1 fully saturated rings. The van der Waals surface area contributed by atoms with Crippen LogP contribution in [-0.4, -0.2) is 31.6 Å². The summed E-state index contributed by atoms with van der Waals surface area (Å²) in [6, 6.07) is 6.01. The summed E-state index contributed by atoms with van der Waals surface area (Å²) >= 11 is 0. The fourth-order valence-corrected chi connectivity index (χ4v) is 2.28. The standard InChI is InChI=1S/C14H19NO2/c1-11-4-5-13(12(8-11)9-16)15-6-7-17-14(2,3)10-15/h4-5,8-9H,6-7,10H2,1-3H3. The fourth-order valence-electron chi connectivity index (χ4n) is 2.28. The van der Waals surface area contributed by atoms with Crippen LogP contribution < -0.4 is 4.90 Å². The largest absolute Gasteiger partial charge is 0.372 e. The van der Waals surface area contributed by atoms with Crippen LogP contribution in [-0.2, 0) is 4.74 Å². The van der Waals surface area contributed by atoms with Crippen LogP contribution in [0.3, 0.4) is 0 Å². The second kappa shape index (κ2) is 4.49. The molecule has 3 nitrogen and oxygen atoms in total. The van der Waals surface area contributed by atoms with E-state index in [1.165, 1.54) is 0 Å². The van der Waals surface area contributed by atoms with Crippen molar-refractivity contribution in [1.29, 1.82) is 0 Å². The number of carbonyl (C=O) groups excluding carboxylic acids is 1. The number of benzene rings is 1. The minimum atomic E-state index is -0.150. The second-order valence-electron chi connectivity index (χ2n) is 5.21. The smallest absolute Gasteiger partial charge is 0.152 e. The van der Waals surface area contributed by atoms with Crippen molar-refractivity contribution in [2.24, 2.45) is 0 Å². The number of nitrogens with zero attached hydrogens (tertiary/aromatic N) is 1. The fraction of sp³-hybridized carbons (Fsp3) is 0.500. The number of carbonyl (C=O) groups is 1. The van der Waals surface area contributed by atoms with Crippen molar-refractivity contribution in [3.63, 3.8) is 0 Å². The number of rotatable bonds is 2. The van der Waals surface area contributed by atoms with E-state index in [1.54, 1.807) is 0 Å². The van der Waals surface area contributed by atoms with Crippen LogP contribution in [0, 0.1) is 6.92 Å². The van der Waals surface area contributed by atoms with E-state index in [4.69, 9.17) is 4.74 Å². The normalized spacial score (nSPS) is 19.1. The van der Waals surface area contributed by atoms with Crippen molar-refractivity contribution in [3.8, 4) is 0 Å². The van der Waals surface area contributed by atoms with Crippen molar-refractivity contribution in [1.82, 2.24) is 0 Å². The lowest BCUT2D eigenvalue weighted by molar-refractivity contribution is -0.0277. The Kier molecular flexibility index (Phi) is 3.20. The van der Waals surface area contributed by atoms with Gasteiger partial charge in [0.2, 0.25) is 0 Å². The molecule has 0 unspecified atom stereocenters. The van der Waals surface area contributed by atoms with E-state index in [1.807, 2.05) is 25.1 Å². The third kappa shape index (κ3) is 2.67. The molecule has 1 saturated heterocycles. The van der Waals surface area contributed by atoms with Gasteiger partial charge in [-0.05, 0) is 32.9 Å². The molecule has 1 aliphatic rings. The molecule has 0 aliphatic carbocycles. The summed E-state index contributed by atoms with van der Waals surface area (Å²) in [5, 5.41) is 0. The summed E-state index contributed by atoms with van der Waals surface area (Å²) in [6.07, 6.45) is 0.935. The summed E-state index contributed by atoms with van der Waals surface area (Å²) < 4.78 is 5.68. The molecule has 0 bridgehead atoms. The Hall–Kier alpha value is -1.35. The minimum Gasteiger partial charge on any atom is -0.372 e. The maximum atomic E-state index is 11.1. The second-order valence-corrected chi connectivity index (χ2v) is 5.21. The Morgan fingerprint density at radius 1 is 1.41 bits per heavy atom. The lowest BCUT2D eigenvalue weighted by atomic mass is 10.0. The molecular formula is C14H19NO2. The number of aldehydes is 1. The van der Waals surface area contributed by atoms with Crippen LogP contribution in [0.15, 0.2) is 18.2 Å². The molecule has 1 aromatic rings. The lowest BCUT2D eigenvalue weighted by Gasteiger charge is -2.40. The van der Waals surface area contributed by atoms with Crippen LogP contribution in [0.1, 0.15) is 29.8 Å². The summed E-state index contributed by atoms with van der Waals surface area (Å²) in [5.41, 5.74) is 2.75. The number of hydrogen-bond acceptors (Lipinski definition) is 3. The van der Waals surface area contributed by atoms with E-state index < -0.39 is 0 Å². The van der Waals surface area contributed by atoms with Crippen molar-refractivity contribution in [3.05, 3.63) is 29.3 Å². The predicted octanol–water partition coefficient (Wildman–Crippen LogP) is 2.42. The topological polar surface area (TPSA) is 29.5 Å². The molecule has 1 aliphatic heterocycles. The van der Waals surface area contributed by atoms with Gasteiger partial charge in [-0.2, -0.15) is 0 Å². The molecule has 0 aromatic heterocycles. The summed E-state index contributed by atoms with van der Waals surface area (Å²) in [5.74, 6) is 0. The zero-order chi connectivity index (χ0) is 12.5. The van der Waals surface area contributed by atoms with Gasteiger partial charge in [-0.1, -0.05) is 11.6 Å². The molecule has 0 saturated carbocycles. The van der Waals surface area contributed by atoms with Gasteiger partial charge in [0, 0.05) is 24.3 Å². The van der Waals surface area contributed by atoms with Crippen LogP contribution in [0.25, 0.3) is 0 Å². The third-order valence-corrected chi connectivity index (χ3v) is 3.08. The van der Waals surface area contributed by atoms with Gasteiger partial charge in [0.1, 0.15) is 0 Å². The Morgan fingerprint density at radius 3 is 2.82 bits per heavy atom. The Bertz CT molecular complexity index is 426. The third-order valence-electron chi connectivity index (χ3n) is 3.08. The zero-order valence-corrected chi connectivity index (χ0v) is 10.7. The van der Waals surface area contributed by atoms with E-state index >= 15 is 0 Å². The van der Waals surface area contributed by atoms with Gasteiger partial charge in [0.05, 0.1) is 12.2 Å². The molecule has 17 heavy (non-hydrogen) atoms. The van der Waals surface area contributed by atoms with Gasteiger partial charge in [0.25, 0.3) is 0 Å². The van der Waals surface area contributed by atoms with Gasteiger partial charge in [-0.3, -0.25) is 4.79 Å². The Labute approximate surface area is 102 Å². The molecule has 0 amide bonds. The molecule has 1 aromatic carbocycles. The summed E-state index contributed by atoms with van der Waals surface area (Å²) in [6.45, 7) is 8.52. The van der Waals surface area contributed by atoms with E-state index in [-0.39, 0.29) is 5.60 Å². The van der Waals surface area contributed by atoms with E-state index in [9.17, 15) is 4.79 Å². The van der Waals surface area contributed by atoms with Gasteiger partial charge in [-0.15, -0.1) is 0 Å². The molecule has 92 valence electrons. The van der Waals surface area contributed by atoms with Gasteiger partial charge in [-0.25, -0.2) is 0 Å². The number of aryl methyl sites for hydroxylation is 1. The minimum absolute atomic E-state index is 0.150. The van der Waals surface area contributed by atoms with Gasteiger partial charge in [0.15, 0.2) is 6.29 Å². The van der Waals surface area contributed by atoms with Crippen molar-refractivity contribution in [2.45, 2.75) is 26.4 Å². The maximum Gasteiger partial charge on any atom is 0.152 e. The Morgan fingerprint density at radius 2 is 2.18 bits per heavy atom. The van der Waals surface area contributed by atoms with Crippen molar-refractivity contribution in [2.75, 3.05) is 24.6 Å².